The second-order valence-corrected chi connectivity index (χ2v) is 7.77. The number of anilines is 1. The number of hydrogen-bond acceptors (Lipinski definition) is 7. The molecule has 0 saturated carbocycles. The molecule has 164 valence electrons. The molecule has 0 spiro atoms. The van der Waals surface area contributed by atoms with Crippen LogP contribution in [-0.2, 0) is 4.79 Å². The topological polar surface area (TPSA) is 123 Å². The minimum atomic E-state index is -0.478. The first-order chi connectivity index (χ1) is 16.0. The molecule has 0 fully saturated rings. The zero-order chi connectivity index (χ0) is 23.4. The molecule has 9 nitrogen and oxygen atoms in total. The van der Waals surface area contributed by atoms with Crippen molar-refractivity contribution < 1.29 is 14.5 Å². The third-order valence-corrected chi connectivity index (χ3v) is 5.74. The number of nitro benzene ring substituents is 1. The highest BCUT2D eigenvalue weighted by Gasteiger charge is 2.19. The Morgan fingerprint density at radius 2 is 1.97 bits per heavy atom. The number of nitriles is 1. The summed E-state index contributed by atoms with van der Waals surface area (Å²) < 4.78 is 7.29. The number of carbonyl (C=O) groups excluding carboxylic acids is 1. The minimum Gasteiger partial charge on any atom is -0.495 e. The van der Waals surface area contributed by atoms with Gasteiger partial charge in [-0.3, -0.25) is 19.5 Å². The van der Waals surface area contributed by atoms with Gasteiger partial charge in [0, 0.05) is 12.1 Å². The SMILES string of the molecule is COc1ccccc1-n1c(SCC(=O)Nc2ccccc2C#N)nc2cc([N+](=O)[O-])ccc21. The van der Waals surface area contributed by atoms with Crippen molar-refractivity contribution >= 4 is 40.1 Å². The lowest BCUT2D eigenvalue weighted by molar-refractivity contribution is -0.384. The number of aromatic nitrogens is 2. The molecule has 3 aromatic carbocycles. The number of fused-ring (bicyclic) bond motifs is 1. The van der Waals surface area contributed by atoms with Gasteiger partial charge in [-0.2, -0.15) is 5.26 Å². The van der Waals surface area contributed by atoms with Crippen LogP contribution in [-0.4, -0.2) is 33.2 Å². The largest absolute Gasteiger partial charge is 0.495 e. The third-order valence-electron chi connectivity index (χ3n) is 4.80. The van der Waals surface area contributed by atoms with Gasteiger partial charge in [0.2, 0.25) is 5.91 Å². The standard InChI is InChI=1S/C23H17N5O4S/c1-32-21-9-5-4-8-20(21)27-19-11-10-16(28(30)31)12-18(19)26-23(27)33-14-22(29)25-17-7-3-2-6-15(17)13-24/h2-12H,14H2,1H3,(H,25,29). The molecule has 0 bridgehead atoms. The lowest BCUT2D eigenvalue weighted by atomic mass is 10.2. The van der Waals surface area contributed by atoms with E-state index in [0.29, 0.717) is 38.9 Å². The van der Waals surface area contributed by atoms with Crippen LogP contribution in [0.25, 0.3) is 16.7 Å². The molecule has 0 aliphatic carbocycles. The number of imidazole rings is 1. The van der Waals surface area contributed by atoms with Crippen molar-refractivity contribution in [2.75, 3.05) is 18.2 Å². The number of thioether (sulfide) groups is 1. The number of hydrogen-bond donors (Lipinski definition) is 1. The number of ether oxygens (including phenoxy) is 1. The quantitative estimate of drug-likeness (QED) is 0.244. The Bertz CT molecular complexity index is 1410. The molecule has 0 aliphatic rings. The first-order valence-corrected chi connectivity index (χ1v) is 10.7. The highest BCUT2D eigenvalue weighted by atomic mass is 32.2. The van der Waals surface area contributed by atoms with E-state index in [1.165, 1.54) is 23.9 Å². The van der Waals surface area contributed by atoms with Crippen LogP contribution in [0.2, 0.25) is 0 Å². The van der Waals surface area contributed by atoms with Gasteiger partial charge in [0.1, 0.15) is 11.8 Å². The predicted octanol–water partition coefficient (Wildman–Crippen LogP) is 4.54. The van der Waals surface area contributed by atoms with Crippen molar-refractivity contribution in [1.29, 1.82) is 5.26 Å². The van der Waals surface area contributed by atoms with Crippen molar-refractivity contribution in [2.24, 2.45) is 0 Å². The molecule has 33 heavy (non-hydrogen) atoms. The molecule has 0 aliphatic heterocycles. The van der Waals surface area contributed by atoms with Gasteiger partial charge in [0.25, 0.3) is 5.69 Å². The van der Waals surface area contributed by atoms with Gasteiger partial charge < -0.3 is 10.1 Å². The zero-order valence-electron chi connectivity index (χ0n) is 17.4. The van der Waals surface area contributed by atoms with Crippen molar-refractivity contribution in [1.82, 2.24) is 9.55 Å². The number of para-hydroxylation sites is 3. The molecule has 4 aromatic rings. The number of carbonyl (C=O) groups is 1. The zero-order valence-corrected chi connectivity index (χ0v) is 18.2. The van der Waals surface area contributed by atoms with Gasteiger partial charge in [0.05, 0.1) is 45.8 Å². The Hall–Kier alpha value is -4.36. The van der Waals surface area contributed by atoms with Gasteiger partial charge in [-0.1, -0.05) is 36.0 Å². The number of methoxy groups -OCH3 is 1. The molecular formula is C23H17N5O4S. The second kappa shape index (κ2) is 9.42. The number of nitro groups is 1. The van der Waals surface area contributed by atoms with Crippen LogP contribution < -0.4 is 10.1 Å². The van der Waals surface area contributed by atoms with Crippen molar-refractivity contribution in [3.05, 3.63) is 82.4 Å². The summed E-state index contributed by atoms with van der Waals surface area (Å²) in [6.45, 7) is 0. The van der Waals surface area contributed by atoms with Crippen LogP contribution in [0.1, 0.15) is 5.56 Å². The average molecular weight is 459 g/mol. The fraction of sp³-hybridized carbons (Fsp3) is 0.0870. The van der Waals surface area contributed by atoms with Gasteiger partial charge in [-0.25, -0.2) is 4.98 Å². The smallest absolute Gasteiger partial charge is 0.271 e. The first kappa shape index (κ1) is 21.9. The molecule has 4 rings (SSSR count). The Morgan fingerprint density at radius 3 is 2.73 bits per heavy atom. The van der Waals surface area contributed by atoms with Crippen molar-refractivity contribution in [3.8, 4) is 17.5 Å². The second-order valence-electron chi connectivity index (χ2n) is 6.83. The molecular weight excluding hydrogens is 442 g/mol. The summed E-state index contributed by atoms with van der Waals surface area (Å²) in [7, 11) is 1.55. The first-order valence-electron chi connectivity index (χ1n) is 9.74. The van der Waals surface area contributed by atoms with Gasteiger partial charge in [-0.15, -0.1) is 0 Å². The summed E-state index contributed by atoms with van der Waals surface area (Å²) in [5.41, 5.74) is 2.48. The van der Waals surface area contributed by atoms with E-state index in [1.807, 2.05) is 24.3 Å². The number of amides is 1. The van der Waals surface area contributed by atoms with Gasteiger partial charge in [-0.05, 0) is 30.3 Å². The van der Waals surface area contributed by atoms with Gasteiger partial charge in [0.15, 0.2) is 5.16 Å². The monoisotopic (exact) mass is 459 g/mol. The highest BCUT2D eigenvalue weighted by molar-refractivity contribution is 7.99. The molecule has 0 saturated heterocycles. The van der Waals surface area contributed by atoms with E-state index in [2.05, 4.69) is 10.3 Å². The molecule has 1 heterocycles. The summed E-state index contributed by atoms with van der Waals surface area (Å²) in [5, 5.41) is 23.6. The average Bonchev–Trinajstić information content (AvgIpc) is 3.20. The maximum absolute atomic E-state index is 12.6. The Kier molecular flexibility index (Phi) is 6.24. The Labute approximate surface area is 192 Å². The van der Waals surface area contributed by atoms with E-state index in [-0.39, 0.29) is 17.3 Å². The summed E-state index contributed by atoms with van der Waals surface area (Å²) in [4.78, 5) is 27.9. The lowest BCUT2D eigenvalue weighted by Crippen LogP contribution is -2.15. The molecule has 1 amide bonds. The number of benzene rings is 3. The van der Waals surface area contributed by atoms with Crippen molar-refractivity contribution in [3.63, 3.8) is 0 Å². The number of nitrogens with zero attached hydrogens (tertiary/aromatic N) is 4. The third kappa shape index (κ3) is 4.49. The Morgan fingerprint density at radius 1 is 1.21 bits per heavy atom. The molecule has 0 atom stereocenters. The fourth-order valence-corrected chi connectivity index (χ4v) is 4.13. The lowest BCUT2D eigenvalue weighted by Gasteiger charge is -2.13. The van der Waals surface area contributed by atoms with Crippen LogP contribution >= 0.6 is 11.8 Å². The Balaban J connectivity index is 1.69. The summed E-state index contributed by atoms with van der Waals surface area (Å²) >= 11 is 1.17. The highest BCUT2D eigenvalue weighted by Crippen LogP contribution is 2.33. The molecule has 10 heteroatoms. The summed E-state index contributed by atoms with van der Waals surface area (Å²) in [5.74, 6) is 0.289. The van der Waals surface area contributed by atoms with E-state index in [0.717, 1.165) is 0 Å². The maximum Gasteiger partial charge on any atom is 0.271 e. The number of rotatable bonds is 7. The normalized spacial score (nSPS) is 10.5. The van der Waals surface area contributed by atoms with Crippen LogP contribution in [0.3, 0.4) is 0 Å². The van der Waals surface area contributed by atoms with E-state index in [1.54, 1.807) is 48.1 Å². The van der Waals surface area contributed by atoms with Gasteiger partial charge >= 0.3 is 0 Å². The molecule has 1 N–H and O–H groups in total. The van der Waals surface area contributed by atoms with Crippen LogP contribution in [0, 0.1) is 21.4 Å². The summed E-state index contributed by atoms with van der Waals surface area (Å²) in [6.07, 6.45) is 0. The molecule has 0 radical (unpaired) electrons. The van der Waals surface area contributed by atoms with Crippen LogP contribution in [0.15, 0.2) is 71.9 Å². The summed E-state index contributed by atoms with van der Waals surface area (Å²) in [6, 6.07) is 20.5. The number of nitrogens with one attached hydrogen (secondary N) is 1. The van der Waals surface area contributed by atoms with Crippen molar-refractivity contribution in [2.45, 2.75) is 5.16 Å². The van der Waals surface area contributed by atoms with E-state index < -0.39 is 4.92 Å². The van der Waals surface area contributed by atoms with Crippen LogP contribution in [0.5, 0.6) is 5.75 Å². The number of non-ortho nitro benzene ring substituents is 1. The van der Waals surface area contributed by atoms with Crippen LogP contribution in [0.4, 0.5) is 11.4 Å². The van der Waals surface area contributed by atoms with E-state index >= 15 is 0 Å². The van der Waals surface area contributed by atoms with E-state index in [4.69, 9.17) is 4.74 Å². The fourth-order valence-electron chi connectivity index (χ4n) is 3.31. The minimum absolute atomic E-state index is 0.0142. The molecule has 1 aromatic heterocycles. The predicted molar refractivity (Wildman–Crippen MR) is 125 cm³/mol. The van der Waals surface area contributed by atoms with E-state index in [9.17, 15) is 20.2 Å². The molecule has 0 unspecified atom stereocenters. The maximum atomic E-state index is 12.6.